The first-order valence-corrected chi connectivity index (χ1v) is 7.13. The van der Waals surface area contributed by atoms with E-state index in [4.69, 9.17) is 5.26 Å². The molecule has 0 radical (unpaired) electrons. The van der Waals surface area contributed by atoms with Gasteiger partial charge in [-0.05, 0) is 60.8 Å². The van der Waals surface area contributed by atoms with Crippen LogP contribution in [0.15, 0.2) is 27.1 Å². The zero-order valence-corrected chi connectivity index (χ0v) is 13.2. The SMILES string of the molecule is CC(C)(C#N)CCCNc1cc(Br)ccc1Br. The lowest BCUT2D eigenvalue weighted by Gasteiger charge is -2.15. The summed E-state index contributed by atoms with van der Waals surface area (Å²) < 4.78 is 2.11. The van der Waals surface area contributed by atoms with Crippen molar-refractivity contribution in [3.8, 4) is 6.07 Å². The molecule has 0 bridgehead atoms. The summed E-state index contributed by atoms with van der Waals surface area (Å²) in [6, 6.07) is 8.36. The number of halogens is 2. The van der Waals surface area contributed by atoms with Gasteiger partial charge in [0.2, 0.25) is 0 Å². The summed E-state index contributed by atoms with van der Waals surface area (Å²) >= 11 is 6.94. The van der Waals surface area contributed by atoms with Crippen molar-refractivity contribution in [2.24, 2.45) is 5.41 Å². The Morgan fingerprint density at radius 2 is 2.06 bits per heavy atom. The van der Waals surface area contributed by atoms with Crippen molar-refractivity contribution in [1.29, 1.82) is 5.26 Å². The van der Waals surface area contributed by atoms with Crippen LogP contribution in [0.25, 0.3) is 0 Å². The zero-order valence-electron chi connectivity index (χ0n) is 10.1. The maximum absolute atomic E-state index is 8.91. The van der Waals surface area contributed by atoms with E-state index in [0.29, 0.717) is 0 Å². The molecule has 17 heavy (non-hydrogen) atoms. The molecule has 0 saturated carbocycles. The Morgan fingerprint density at radius 1 is 1.35 bits per heavy atom. The van der Waals surface area contributed by atoms with E-state index < -0.39 is 0 Å². The van der Waals surface area contributed by atoms with Gasteiger partial charge in [0.1, 0.15) is 0 Å². The predicted octanol–water partition coefficient (Wildman–Crippen LogP) is 4.95. The maximum Gasteiger partial charge on any atom is 0.0683 e. The van der Waals surface area contributed by atoms with Crippen molar-refractivity contribution >= 4 is 37.5 Å². The van der Waals surface area contributed by atoms with Crippen LogP contribution in [-0.4, -0.2) is 6.54 Å². The van der Waals surface area contributed by atoms with Crippen LogP contribution in [0.3, 0.4) is 0 Å². The van der Waals surface area contributed by atoms with Gasteiger partial charge < -0.3 is 5.32 Å². The van der Waals surface area contributed by atoms with Crippen LogP contribution in [0.2, 0.25) is 0 Å². The molecule has 92 valence electrons. The van der Waals surface area contributed by atoms with Gasteiger partial charge in [-0.15, -0.1) is 0 Å². The van der Waals surface area contributed by atoms with Crippen LogP contribution in [0.1, 0.15) is 26.7 Å². The van der Waals surface area contributed by atoms with Gasteiger partial charge in [-0.2, -0.15) is 5.26 Å². The molecule has 0 heterocycles. The van der Waals surface area contributed by atoms with Gasteiger partial charge in [0, 0.05) is 21.2 Å². The van der Waals surface area contributed by atoms with E-state index in [9.17, 15) is 0 Å². The molecule has 0 saturated heterocycles. The van der Waals surface area contributed by atoms with Crippen LogP contribution < -0.4 is 5.32 Å². The Kier molecular flexibility index (Phi) is 5.48. The molecule has 0 unspecified atom stereocenters. The van der Waals surface area contributed by atoms with E-state index in [-0.39, 0.29) is 5.41 Å². The lowest BCUT2D eigenvalue weighted by molar-refractivity contribution is 0.441. The second kappa shape index (κ2) is 6.42. The number of nitrogens with one attached hydrogen (secondary N) is 1. The van der Waals surface area contributed by atoms with Crippen LogP contribution in [-0.2, 0) is 0 Å². The van der Waals surface area contributed by atoms with E-state index in [0.717, 1.165) is 34.0 Å². The summed E-state index contributed by atoms with van der Waals surface area (Å²) in [7, 11) is 0. The van der Waals surface area contributed by atoms with E-state index in [2.05, 4.69) is 43.2 Å². The predicted molar refractivity (Wildman–Crippen MR) is 79.0 cm³/mol. The number of rotatable bonds is 5. The fraction of sp³-hybridized carbons (Fsp3) is 0.462. The summed E-state index contributed by atoms with van der Waals surface area (Å²) in [6.45, 7) is 4.82. The average Bonchev–Trinajstić information content (AvgIpc) is 2.29. The highest BCUT2D eigenvalue weighted by molar-refractivity contribution is 9.11. The highest BCUT2D eigenvalue weighted by Gasteiger charge is 2.15. The molecule has 4 heteroatoms. The van der Waals surface area contributed by atoms with Crippen molar-refractivity contribution in [2.45, 2.75) is 26.7 Å². The quantitative estimate of drug-likeness (QED) is 0.754. The van der Waals surface area contributed by atoms with Gasteiger partial charge in [0.05, 0.1) is 11.5 Å². The van der Waals surface area contributed by atoms with Crippen LogP contribution in [0.5, 0.6) is 0 Å². The van der Waals surface area contributed by atoms with Crippen molar-refractivity contribution in [2.75, 3.05) is 11.9 Å². The number of hydrogen-bond donors (Lipinski definition) is 1. The van der Waals surface area contributed by atoms with E-state index in [1.807, 2.05) is 32.0 Å². The first kappa shape index (κ1) is 14.5. The molecule has 0 aliphatic heterocycles. The van der Waals surface area contributed by atoms with Crippen LogP contribution >= 0.6 is 31.9 Å². The monoisotopic (exact) mass is 358 g/mol. The highest BCUT2D eigenvalue weighted by atomic mass is 79.9. The third kappa shape index (κ3) is 5.10. The highest BCUT2D eigenvalue weighted by Crippen LogP contribution is 2.26. The minimum absolute atomic E-state index is 0.226. The third-order valence-electron chi connectivity index (χ3n) is 2.53. The summed E-state index contributed by atoms with van der Waals surface area (Å²) in [5, 5.41) is 12.3. The molecule has 1 aromatic carbocycles. The Labute approximate surface area is 120 Å². The summed E-state index contributed by atoms with van der Waals surface area (Å²) in [6.07, 6.45) is 1.89. The summed E-state index contributed by atoms with van der Waals surface area (Å²) in [4.78, 5) is 0. The molecule has 0 amide bonds. The van der Waals surface area contributed by atoms with Gasteiger partial charge in [0.25, 0.3) is 0 Å². The number of anilines is 1. The van der Waals surface area contributed by atoms with E-state index >= 15 is 0 Å². The molecule has 0 aliphatic rings. The largest absolute Gasteiger partial charge is 0.384 e. The standard InChI is InChI=1S/C13H16Br2N2/c1-13(2,9-16)6-3-7-17-12-8-10(14)4-5-11(12)15/h4-5,8,17H,3,6-7H2,1-2H3. The number of nitrogens with zero attached hydrogens (tertiary/aromatic N) is 1. The number of nitriles is 1. The Hall–Kier alpha value is -0.530. The van der Waals surface area contributed by atoms with Crippen molar-refractivity contribution in [3.05, 3.63) is 27.1 Å². The molecule has 0 aromatic heterocycles. The minimum Gasteiger partial charge on any atom is -0.384 e. The Bertz CT molecular complexity index is 422. The number of benzene rings is 1. The first-order valence-electron chi connectivity index (χ1n) is 5.55. The minimum atomic E-state index is -0.226. The third-order valence-corrected chi connectivity index (χ3v) is 3.71. The molecule has 1 aromatic rings. The molecule has 1 N–H and O–H groups in total. The van der Waals surface area contributed by atoms with Crippen molar-refractivity contribution < 1.29 is 0 Å². The van der Waals surface area contributed by atoms with Gasteiger partial charge >= 0.3 is 0 Å². The lowest BCUT2D eigenvalue weighted by Crippen LogP contribution is -2.11. The van der Waals surface area contributed by atoms with Crippen molar-refractivity contribution in [1.82, 2.24) is 0 Å². The first-order chi connectivity index (χ1) is 7.94. The van der Waals surface area contributed by atoms with Gasteiger partial charge in [0.15, 0.2) is 0 Å². The van der Waals surface area contributed by atoms with E-state index in [1.54, 1.807) is 0 Å². The summed E-state index contributed by atoms with van der Waals surface area (Å²) in [5.74, 6) is 0. The van der Waals surface area contributed by atoms with Crippen molar-refractivity contribution in [3.63, 3.8) is 0 Å². The maximum atomic E-state index is 8.91. The fourth-order valence-corrected chi connectivity index (χ4v) is 2.19. The second-order valence-corrected chi connectivity index (χ2v) is 6.42. The molecule has 0 aliphatic carbocycles. The Balaban J connectivity index is 2.42. The fourth-order valence-electron chi connectivity index (χ4n) is 1.44. The molecule has 0 spiro atoms. The normalized spacial score (nSPS) is 11.0. The molecule has 1 rings (SSSR count). The van der Waals surface area contributed by atoms with Gasteiger partial charge in [-0.25, -0.2) is 0 Å². The van der Waals surface area contributed by atoms with Crippen LogP contribution in [0, 0.1) is 16.7 Å². The molecule has 2 nitrogen and oxygen atoms in total. The molecular weight excluding hydrogens is 344 g/mol. The molecule has 0 atom stereocenters. The topological polar surface area (TPSA) is 35.8 Å². The smallest absolute Gasteiger partial charge is 0.0683 e. The summed E-state index contributed by atoms with van der Waals surface area (Å²) in [5.41, 5.74) is 0.852. The van der Waals surface area contributed by atoms with Gasteiger partial charge in [-0.3, -0.25) is 0 Å². The lowest BCUT2D eigenvalue weighted by atomic mass is 9.90. The van der Waals surface area contributed by atoms with Crippen LogP contribution in [0.4, 0.5) is 5.69 Å². The zero-order chi connectivity index (χ0) is 12.9. The molecule has 0 fully saturated rings. The average molecular weight is 360 g/mol. The van der Waals surface area contributed by atoms with Gasteiger partial charge in [-0.1, -0.05) is 15.9 Å². The van der Waals surface area contributed by atoms with E-state index in [1.165, 1.54) is 0 Å². The Morgan fingerprint density at radius 3 is 2.71 bits per heavy atom. The number of hydrogen-bond acceptors (Lipinski definition) is 2. The molecular formula is C13H16Br2N2. The second-order valence-electron chi connectivity index (χ2n) is 4.65.